The Morgan fingerprint density at radius 3 is 1.72 bits per heavy atom. The van der Waals surface area contributed by atoms with Gasteiger partial charge in [0, 0.05) is 30.6 Å². The predicted octanol–water partition coefficient (Wildman–Crippen LogP) is 0.913. The van der Waals surface area contributed by atoms with Crippen LogP contribution < -0.4 is 0 Å². The first-order valence-corrected chi connectivity index (χ1v) is 5.48. The van der Waals surface area contributed by atoms with Gasteiger partial charge < -0.3 is 14.3 Å². The molecule has 0 aromatic carbocycles. The van der Waals surface area contributed by atoms with Crippen LogP contribution in [0.4, 0.5) is 0 Å². The molecule has 0 aliphatic carbocycles. The van der Waals surface area contributed by atoms with Crippen molar-refractivity contribution in [3.05, 3.63) is 10.1 Å². The van der Waals surface area contributed by atoms with Crippen LogP contribution in [0.15, 0.2) is 0 Å². The summed E-state index contributed by atoms with van der Waals surface area (Å²) in [6.07, 6.45) is -0.716. The molecule has 0 aromatic heterocycles. The summed E-state index contributed by atoms with van der Waals surface area (Å²) in [6.45, 7) is 2.57. The minimum absolute atomic E-state index is 0.103. The maximum atomic E-state index is 11.6. The minimum atomic E-state index is -2.01. The van der Waals surface area contributed by atoms with Crippen molar-refractivity contribution in [2.24, 2.45) is 0 Å². The van der Waals surface area contributed by atoms with Gasteiger partial charge in [0.05, 0.1) is 7.11 Å². The van der Waals surface area contributed by atoms with Crippen LogP contribution in [0.3, 0.4) is 0 Å². The SMILES string of the molecule is COC(=O)C(CCC(C)=O)(CCC(C)=O)[N+](=O)[O-]. The van der Waals surface area contributed by atoms with Gasteiger partial charge in [-0.15, -0.1) is 0 Å². The molecular weight excluding hydrogens is 242 g/mol. The number of nitrogens with zero attached hydrogens (tertiary/aromatic N) is 1. The van der Waals surface area contributed by atoms with E-state index in [2.05, 4.69) is 4.74 Å². The monoisotopic (exact) mass is 259 g/mol. The highest BCUT2D eigenvalue weighted by Crippen LogP contribution is 2.25. The van der Waals surface area contributed by atoms with E-state index in [0.717, 1.165) is 7.11 Å². The molecule has 0 heterocycles. The van der Waals surface area contributed by atoms with Crippen LogP contribution in [0.25, 0.3) is 0 Å². The molecule has 102 valence electrons. The Morgan fingerprint density at radius 1 is 1.11 bits per heavy atom. The first-order chi connectivity index (χ1) is 8.26. The Labute approximate surface area is 105 Å². The van der Waals surface area contributed by atoms with Gasteiger partial charge in [0.1, 0.15) is 11.6 Å². The number of hydrogen-bond acceptors (Lipinski definition) is 6. The smallest absolute Gasteiger partial charge is 0.384 e. The van der Waals surface area contributed by atoms with Gasteiger partial charge in [-0.1, -0.05) is 0 Å². The molecule has 0 bridgehead atoms. The molecule has 7 heteroatoms. The van der Waals surface area contributed by atoms with Crippen molar-refractivity contribution in [2.75, 3.05) is 7.11 Å². The molecule has 0 aliphatic heterocycles. The zero-order valence-corrected chi connectivity index (χ0v) is 10.7. The van der Waals surface area contributed by atoms with Crippen molar-refractivity contribution in [3.8, 4) is 0 Å². The van der Waals surface area contributed by atoms with Crippen molar-refractivity contribution in [1.82, 2.24) is 0 Å². The predicted molar refractivity (Wildman–Crippen MR) is 61.6 cm³/mol. The maximum Gasteiger partial charge on any atom is 0.384 e. The number of methoxy groups -OCH3 is 1. The van der Waals surface area contributed by atoms with E-state index in [-0.39, 0.29) is 37.2 Å². The number of ketones is 2. The molecular formula is C11H17NO6. The third-order valence-corrected chi connectivity index (χ3v) is 2.70. The molecule has 0 saturated heterocycles. The van der Waals surface area contributed by atoms with Crippen molar-refractivity contribution < 1.29 is 24.0 Å². The van der Waals surface area contributed by atoms with E-state index in [4.69, 9.17) is 0 Å². The van der Waals surface area contributed by atoms with Crippen molar-refractivity contribution >= 4 is 17.5 Å². The van der Waals surface area contributed by atoms with Crippen molar-refractivity contribution in [2.45, 2.75) is 45.1 Å². The van der Waals surface area contributed by atoms with E-state index in [1.165, 1.54) is 13.8 Å². The lowest BCUT2D eigenvalue weighted by Gasteiger charge is -2.21. The number of carbonyl (C=O) groups is 3. The summed E-state index contributed by atoms with van der Waals surface area (Å²) in [5, 5.41) is 11.1. The topological polar surface area (TPSA) is 104 Å². The molecule has 7 nitrogen and oxygen atoms in total. The van der Waals surface area contributed by atoms with E-state index < -0.39 is 16.4 Å². The molecule has 0 spiro atoms. The Kier molecular flexibility index (Phi) is 6.15. The first kappa shape index (κ1) is 16.2. The summed E-state index contributed by atoms with van der Waals surface area (Å²) >= 11 is 0. The third kappa shape index (κ3) is 4.23. The van der Waals surface area contributed by atoms with Gasteiger partial charge in [0.2, 0.25) is 0 Å². The highest BCUT2D eigenvalue weighted by atomic mass is 16.6. The quantitative estimate of drug-likeness (QED) is 0.364. The number of Topliss-reactive ketones (excluding diaryl/α,β-unsaturated/α-hetero) is 2. The second-order valence-corrected chi connectivity index (χ2v) is 4.18. The molecule has 18 heavy (non-hydrogen) atoms. The normalized spacial score (nSPS) is 10.8. The second-order valence-electron chi connectivity index (χ2n) is 4.18. The van der Waals surface area contributed by atoms with E-state index in [1.54, 1.807) is 0 Å². The van der Waals surface area contributed by atoms with Crippen LogP contribution >= 0.6 is 0 Å². The van der Waals surface area contributed by atoms with Gasteiger partial charge in [-0.3, -0.25) is 10.1 Å². The molecule has 0 aliphatic rings. The summed E-state index contributed by atoms with van der Waals surface area (Å²) in [4.78, 5) is 43.8. The van der Waals surface area contributed by atoms with Crippen LogP contribution in [-0.2, 0) is 19.1 Å². The van der Waals surface area contributed by atoms with Crippen LogP contribution in [0.1, 0.15) is 39.5 Å². The molecule has 0 saturated carbocycles. The first-order valence-electron chi connectivity index (χ1n) is 5.48. The van der Waals surface area contributed by atoms with E-state index in [9.17, 15) is 24.5 Å². The van der Waals surface area contributed by atoms with Gasteiger partial charge in [-0.25, -0.2) is 4.79 Å². The molecule has 0 N–H and O–H groups in total. The van der Waals surface area contributed by atoms with Gasteiger partial charge in [0.25, 0.3) is 0 Å². The molecule has 0 atom stereocenters. The Balaban J connectivity index is 5.14. The van der Waals surface area contributed by atoms with Crippen LogP contribution in [-0.4, -0.2) is 35.1 Å². The minimum Gasteiger partial charge on any atom is -0.464 e. The Bertz CT molecular complexity index is 345. The number of esters is 1. The number of rotatable bonds is 8. The molecule has 0 rings (SSSR count). The zero-order chi connectivity index (χ0) is 14.3. The number of nitro groups is 1. The number of ether oxygens (including phenoxy) is 1. The molecule has 0 radical (unpaired) electrons. The fraction of sp³-hybridized carbons (Fsp3) is 0.727. The van der Waals surface area contributed by atoms with Gasteiger partial charge in [0.15, 0.2) is 0 Å². The van der Waals surface area contributed by atoms with Gasteiger partial charge in [-0.2, -0.15) is 0 Å². The fourth-order valence-corrected chi connectivity index (χ4v) is 1.54. The maximum absolute atomic E-state index is 11.6. The fourth-order valence-electron chi connectivity index (χ4n) is 1.54. The molecule has 0 aromatic rings. The summed E-state index contributed by atoms with van der Waals surface area (Å²) < 4.78 is 4.44. The van der Waals surface area contributed by atoms with E-state index >= 15 is 0 Å². The lowest BCUT2D eigenvalue weighted by Crippen LogP contribution is -2.48. The summed E-state index contributed by atoms with van der Waals surface area (Å²) in [5.41, 5.74) is -2.01. The molecule has 0 fully saturated rings. The Morgan fingerprint density at radius 2 is 1.50 bits per heavy atom. The van der Waals surface area contributed by atoms with E-state index in [0.29, 0.717) is 0 Å². The highest BCUT2D eigenvalue weighted by molar-refractivity contribution is 5.83. The highest BCUT2D eigenvalue weighted by Gasteiger charge is 2.51. The largest absolute Gasteiger partial charge is 0.464 e. The van der Waals surface area contributed by atoms with Crippen LogP contribution in [0.5, 0.6) is 0 Å². The number of hydrogen-bond donors (Lipinski definition) is 0. The summed E-state index contributed by atoms with van der Waals surface area (Å²) in [7, 11) is 1.04. The molecule has 0 amide bonds. The Hall–Kier alpha value is -1.79. The van der Waals surface area contributed by atoms with Crippen LogP contribution in [0.2, 0.25) is 0 Å². The lowest BCUT2D eigenvalue weighted by atomic mass is 9.87. The third-order valence-electron chi connectivity index (χ3n) is 2.70. The van der Waals surface area contributed by atoms with Gasteiger partial charge >= 0.3 is 11.5 Å². The second kappa shape index (κ2) is 6.83. The standard InChI is InChI=1S/C11H17NO6/c1-8(13)4-6-11(12(16)17,10(15)18-3)7-5-9(2)14/h4-7H2,1-3H3. The average Bonchev–Trinajstić information content (AvgIpc) is 2.27. The zero-order valence-electron chi connectivity index (χ0n) is 10.7. The van der Waals surface area contributed by atoms with E-state index in [1.807, 2.05) is 0 Å². The number of carbonyl (C=O) groups excluding carboxylic acids is 3. The summed E-state index contributed by atoms with van der Waals surface area (Å²) in [6, 6.07) is 0. The van der Waals surface area contributed by atoms with Crippen molar-refractivity contribution in [3.63, 3.8) is 0 Å². The van der Waals surface area contributed by atoms with Crippen LogP contribution in [0, 0.1) is 10.1 Å². The summed E-state index contributed by atoms with van der Waals surface area (Å²) in [5.74, 6) is -1.53. The van der Waals surface area contributed by atoms with Gasteiger partial charge in [-0.05, 0) is 13.8 Å². The van der Waals surface area contributed by atoms with Crippen molar-refractivity contribution in [1.29, 1.82) is 0 Å². The lowest BCUT2D eigenvalue weighted by molar-refractivity contribution is -0.557. The molecule has 0 unspecified atom stereocenters. The average molecular weight is 259 g/mol.